The van der Waals surface area contributed by atoms with Crippen LogP contribution < -0.4 is 24.3 Å². The maximum atomic E-state index is 12.5. The number of hydrogen-bond donors (Lipinski definition) is 1. The molecule has 2 aromatic carbocycles. The van der Waals surface area contributed by atoms with Crippen LogP contribution in [0, 0.1) is 0 Å². The van der Waals surface area contributed by atoms with Gasteiger partial charge in [-0.1, -0.05) is 24.3 Å². The molecule has 0 bridgehead atoms. The third-order valence-corrected chi connectivity index (χ3v) is 6.14. The van der Waals surface area contributed by atoms with Crippen LogP contribution in [-0.2, 0) is 11.2 Å². The molecule has 0 spiro atoms. The zero-order valence-electron chi connectivity index (χ0n) is 22.7. The molecular formula is C31H36N2O5. The van der Waals surface area contributed by atoms with Crippen molar-refractivity contribution in [2.75, 3.05) is 35.0 Å². The van der Waals surface area contributed by atoms with Crippen LogP contribution in [0.1, 0.15) is 36.5 Å². The molecule has 0 saturated carbocycles. The summed E-state index contributed by atoms with van der Waals surface area (Å²) in [5.41, 5.74) is 4.85. The Balaban J connectivity index is 1.80. The van der Waals surface area contributed by atoms with E-state index in [4.69, 9.17) is 18.9 Å². The van der Waals surface area contributed by atoms with Gasteiger partial charge in [0.2, 0.25) is 5.91 Å². The Bertz CT molecular complexity index is 1210. The standard InChI is InChI=1S/C31H36N2O5/c1-22(11-16-30(34)33-18-7-6-9-23-10-8-17-32-21-23)31(24-12-14-26(35-2)28(19-24)37-4)25-13-15-27(36-3)29(20-25)38-5/h8,10-17,19-21H,6-7,9,18H2,1-5H3,(H,33,34). The molecule has 3 aromatic rings. The van der Waals surface area contributed by atoms with E-state index in [-0.39, 0.29) is 5.91 Å². The zero-order valence-corrected chi connectivity index (χ0v) is 22.7. The highest BCUT2D eigenvalue weighted by atomic mass is 16.5. The zero-order chi connectivity index (χ0) is 27.3. The lowest BCUT2D eigenvalue weighted by Gasteiger charge is -2.16. The lowest BCUT2D eigenvalue weighted by atomic mass is 9.92. The molecule has 200 valence electrons. The Kier molecular flexibility index (Phi) is 10.8. The number of pyridine rings is 1. The van der Waals surface area contributed by atoms with Gasteiger partial charge in [-0.15, -0.1) is 0 Å². The molecule has 1 heterocycles. The Labute approximate surface area is 225 Å². The third-order valence-electron chi connectivity index (χ3n) is 6.14. The summed E-state index contributed by atoms with van der Waals surface area (Å²) < 4.78 is 21.9. The number of benzene rings is 2. The smallest absolute Gasteiger partial charge is 0.243 e. The van der Waals surface area contributed by atoms with Crippen molar-refractivity contribution >= 4 is 11.5 Å². The van der Waals surface area contributed by atoms with Crippen molar-refractivity contribution in [2.24, 2.45) is 0 Å². The van der Waals surface area contributed by atoms with Crippen LogP contribution in [0.5, 0.6) is 23.0 Å². The predicted molar refractivity (Wildman–Crippen MR) is 150 cm³/mol. The summed E-state index contributed by atoms with van der Waals surface area (Å²) in [5.74, 6) is 2.37. The molecule has 7 heteroatoms. The lowest BCUT2D eigenvalue weighted by molar-refractivity contribution is -0.116. The average molecular weight is 517 g/mol. The number of amides is 1. The maximum absolute atomic E-state index is 12.5. The minimum Gasteiger partial charge on any atom is -0.493 e. The average Bonchev–Trinajstić information content (AvgIpc) is 2.96. The van der Waals surface area contributed by atoms with E-state index in [1.165, 1.54) is 5.56 Å². The summed E-state index contributed by atoms with van der Waals surface area (Å²) in [6.07, 6.45) is 9.87. The van der Waals surface area contributed by atoms with Crippen molar-refractivity contribution < 1.29 is 23.7 Å². The number of nitrogens with one attached hydrogen (secondary N) is 1. The van der Waals surface area contributed by atoms with E-state index >= 15 is 0 Å². The van der Waals surface area contributed by atoms with E-state index in [2.05, 4.69) is 16.4 Å². The Morgan fingerprint density at radius 2 is 1.42 bits per heavy atom. The fourth-order valence-corrected chi connectivity index (χ4v) is 4.16. The number of rotatable bonds is 13. The number of allylic oxidation sites excluding steroid dienone is 2. The van der Waals surface area contributed by atoms with Gasteiger partial charge in [0.1, 0.15) is 0 Å². The number of aromatic nitrogens is 1. The lowest BCUT2D eigenvalue weighted by Crippen LogP contribution is -2.22. The Morgan fingerprint density at radius 3 is 1.95 bits per heavy atom. The van der Waals surface area contributed by atoms with E-state index < -0.39 is 0 Å². The molecule has 1 aromatic heterocycles. The van der Waals surface area contributed by atoms with Crippen LogP contribution in [0.25, 0.3) is 5.57 Å². The van der Waals surface area contributed by atoms with Gasteiger partial charge in [-0.2, -0.15) is 0 Å². The van der Waals surface area contributed by atoms with Gasteiger partial charge in [0, 0.05) is 25.0 Å². The number of unbranched alkanes of at least 4 members (excludes halogenated alkanes) is 1. The van der Waals surface area contributed by atoms with Gasteiger partial charge in [-0.3, -0.25) is 9.78 Å². The fourth-order valence-electron chi connectivity index (χ4n) is 4.16. The van der Waals surface area contributed by atoms with Gasteiger partial charge in [0.25, 0.3) is 0 Å². The van der Waals surface area contributed by atoms with Crippen LogP contribution in [0.3, 0.4) is 0 Å². The van der Waals surface area contributed by atoms with Crippen LogP contribution >= 0.6 is 0 Å². The summed E-state index contributed by atoms with van der Waals surface area (Å²) in [6.45, 7) is 2.59. The summed E-state index contributed by atoms with van der Waals surface area (Å²) in [4.78, 5) is 16.7. The second-order valence-corrected chi connectivity index (χ2v) is 8.64. The van der Waals surface area contributed by atoms with E-state index in [1.54, 1.807) is 40.7 Å². The van der Waals surface area contributed by atoms with Crippen LogP contribution in [0.2, 0.25) is 0 Å². The minimum atomic E-state index is -0.135. The number of hydrogen-bond acceptors (Lipinski definition) is 6. The monoisotopic (exact) mass is 516 g/mol. The van der Waals surface area contributed by atoms with Gasteiger partial charge < -0.3 is 24.3 Å². The molecule has 0 aliphatic carbocycles. The topological polar surface area (TPSA) is 78.9 Å². The number of carbonyl (C=O) groups is 1. The molecule has 0 saturated heterocycles. The van der Waals surface area contributed by atoms with Gasteiger partial charge in [0.05, 0.1) is 28.4 Å². The van der Waals surface area contributed by atoms with Crippen molar-refractivity contribution in [1.82, 2.24) is 10.3 Å². The van der Waals surface area contributed by atoms with E-state index in [0.717, 1.165) is 41.5 Å². The van der Waals surface area contributed by atoms with E-state index in [0.29, 0.717) is 29.5 Å². The molecule has 7 nitrogen and oxygen atoms in total. The number of nitrogens with zero attached hydrogens (tertiary/aromatic N) is 1. The highest BCUT2D eigenvalue weighted by molar-refractivity contribution is 5.90. The number of ether oxygens (including phenoxy) is 4. The SMILES string of the molecule is COc1ccc(C(=C(C)C=CC(=O)NCCCCc2cccnc2)c2ccc(OC)c(OC)c2)cc1OC. The quantitative estimate of drug-likeness (QED) is 0.180. The molecular weight excluding hydrogens is 480 g/mol. The highest BCUT2D eigenvalue weighted by Gasteiger charge is 2.15. The summed E-state index contributed by atoms with van der Waals surface area (Å²) in [6, 6.07) is 15.5. The predicted octanol–water partition coefficient (Wildman–Crippen LogP) is 5.63. The van der Waals surface area contributed by atoms with Gasteiger partial charge in [0.15, 0.2) is 23.0 Å². The summed E-state index contributed by atoms with van der Waals surface area (Å²) in [7, 11) is 6.42. The first-order valence-electron chi connectivity index (χ1n) is 12.5. The molecule has 0 atom stereocenters. The van der Waals surface area contributed by atoms with Crippen molar-refractivity contribution in [3.63, 3.8) is 0 Å². The molecule has 1 amide bonds. The fraction of sp³-hybridized carbons (Fsp3) is 0.290. The second-order valence-electron chi connectivity index (χ2n) is 8.64. The van der Waals surface area contributed by atoms with Crippen LogP contribution in [0.15, 0.2) is 78.6 Å². The molecule has 0 fully saturated rings. The van der Waals surface area contributed by atoms with E-state index in [9.17, 15) is 4.79 Å². The van der Waals surface area contributed by atoms with Gasteiger partial charge >= 0.3 is 0 Å². The molecule has 1 N–H and O–H groups in total. The maximum Gasteiger partial charge on any atom is 0.243 e. The second kappa shape index (κ2) is 14.5. The van der Waals surface area contributed by atoms with Crippen LogP contribution in [-0.4, -0.2) is 45.9 Å². The Morgan fingerprint density at radius 1 is 0.816 bits per heavy atom. The first-order valence-corrected chi connectivity index (χ1v) is 12.5. The van der Waals surface area contributed by atoms with Gasteiger partial charge in [-0.05, 0) is 84.4 Å². The molecule has 38 heavy (non-hydrogen) atoms. The van der Waals surface area contributed by atoms with Crippen molar-refractivity contribution in [1.29, 1.82) is 0 Å². The van der Waals surface area contributed by atoms with Crippen molar-refractivity contribution in [3.05, 3.63) is 95.3 Å². The van der Waals surface area contributed by atoms with Crippen molar-refractivity contribution in [3.8, 4) is 23.0 Å². The van der Waals surface area contributed by atoms with Crippen molar-refractivity contribution in [2.45, 2.75) is 26.2 Å². The largest absolute Gasteiger partial charge is 0.493 e. The van der Waals surface area contributed by atoms with E-state index in [1.807, 2.05) is 61.7 Å². The summed E-state index contributed by atoms with van der Waals surface area (Å²) in [5, 5.41) is 2.97. The molecule has 0 aliphatic rings. The molecule has 0 unspecified atom stereocenters. The first-order chi connectivity index (χ1) is 18.5. The highest BCUT2D eigenvalue weighted by Crippen LogP contribution is 2.37. The number of methoxy groups -OCH3 is 4. The normalized spacial score (nSPS) is 10.7. The molecule has 0 radical (unpaired) electrons. The van der Waals surface area contributed by atoms with Gasteiger partial charge in [-0.25, -0.2) is 0 Å². The first kappa shape index (κ1) is 28.3. The minimum absolute atomic E-state index is 0.135. The molecule has 3 rings (SSSR count). The number of carbonyl (C=O) groups excluding carboxylic acids is 1. The number of aryl methyl sites for hydroxylation is 1. The third kappa shape index (κ3) is 7.62. The van der Waals surface area contributed by atoms with Crippen LogP contribution in [0.4, 0.5) is 0 Å². The Hall–Kier alpha value is -4.26. The molecule has 0 aliphatic heterocycles. The summed E-state index contributed by atoms with van der Waals surface area (Å²) >= 11 is 0.